The molecule has 0 saturated heterocycles. The van der Waals surface area contributed by atoms with Gasteiger partial charge < -0.3 is 20.3 Å². The Morgan fingerprint density at radius 3 is 1.19 bits per heavy atom. The lowest BCUT2D eigenvalue weighted by Crippen LogP contribution is -2.45. The van der Waals surface area contributed by atoms with E-state index in [2.05, 4.69) is 31.3 Å². The Hall–Kier alpha value is -1.40. The smallest absolute Gasteiger partial charge is 0.305 e. The molecule has 368 valence electrons. The average Bonchev–Trinajstić information content (AvgIpc) is 3.27. The first-order valence-electron chi connectivity index (χ1n) is 27.9. The molecule has 0 aromatic carbocycles. The number of aliphatic hydroxyl groups is 2. The molecular formula is C56H109NO5. The summed E-state index contributed by atoms with van der Waals surface area (Å²) in [6.45, 7) is 4.91. The molecule has 0 fully saturated rings. The number of carbonyl (C=O) groups excluding carboxylic acids is 2. The second kappa shape index (κ2) is 52.2. The largest absolute Gasteiger partial charge is 0.466 e. The molecule has 1 amide bonds. The summed E-state index contributed by atoms with van der Waals surface area (Å²) in [5.41, 5.74) is 0. The van der Waals surface area contributed by atoms with Crippen molar-refractivity contribution in [2.75, 3.05) is 13.2 Å². The molecule has 0 heterocycles. The average molecular weight is 876 g/mol. The van der Waals surface area contributed by atoms with E-state index >= 15 is 0 Å². The van der Waals surface area contributed by atoms with Crippen molar-refractivity contribution in [3.63, 3.8) is 0 Å². The van der Waals surface area contributed by atoms with Gasteiger partial charge in [-0.15, -0.1) is 0 Å². The van der Waals surface area contributed by atoms with E-state index in [-0.39, 0.29) is 18.5 Å². The van der Waals surface area contributed by atoms with Gasteiger partial charge >= 0.3 is 5.97 Å². The van der Waals surface area contributed by atoms with E-state index in [4.69, 9.17) is 4.74 Å². The molecule has 2 unspecified atom stereocenters. The van der Waals surface area contributed by atoms with E-state index < -0.39 is 12.1 Å². The van der Waals surface area contributed by atoms with Gasteiger partial charge in [0.25, 0.3) is 0 Å². The molecular weight excluding hydrogens is 767 g/mol. The van der Waals surface area contributed by atoms with Gasteiger partial charge in [-0.2, -0.15) is 0 Å². The van der Waals surface area contributed by atoms with Gasteiger partial charge in [0.1, 0.15) is 0 Å². The Bertz CT molecular complexity index is 924. The first-order chi connectivity index (χ1) is 30.5. The number of rotatable bonds is 52. The lowest BCUT2D eigenvalue weighted by atomic mass is 10.0. The zero-order chi connectivity index (χ0) is 45.1. The van der Waals surface area contributed by atoms with E-state index in [0.29, 0.717) is 25.9 Å². The van der Waals surface area contributed by atoms with Gasteiger partial charge in [-0.25, -0.2) is 0 Å². The number of esters is 1. The van der Waals surface area contributed by atoms with Gasteiger partial charge in [-0.05, 0) is 44.9 Å². The SMILES string of the molecule is CCCC/C=C\CCCCCCCC(=O)OCCCCCCCCCCCCCCCCCC(=O)NC(CO)C(O)CCCCCCCCCCCCCCCCCCCCC. The fourth-order valence-electron chi connectivity index (χ4n) is 8.74. The third-order valence-electron chi connectivity index (χ3n) is 13.1. The number of unbranched alkanes of at least 4 members (excludes halogenated alkanes) is 39. The number of ether oxygens (including phenoxy) is 1. The molecule has 62 heavy (non-hydrogen) atoms. The second-order valence-electron chi connectivity index (χ2n) is 19.3. The van der Waals surface area contributed by atoms with Crippen LogP contribution in [0.25, 0.3) is 0 Å². The molecule has 0 aliphatic carbocycles. The highest BCUT2D eigenvalue weighted by atomic mass is 16.5. The maximum atomic E-state index is 12.5. The topological polar surface area (TPSA) is 95.9 Å². The summed E-state index contributed by atoms with van der Waals surface area (Å²) in [5.74, 6) is -0.0508. The first-order valence-corrected chi connectivity index (χ1v) is 27.9. The van der Waals surface area contributed by atoms with Gasteiger partial charge in [0.05, 0.1) is 25.4 Å². The van der Waals surface area contributed by atoms with Crippen molar-refractivity contribution in [1.82, 2.24) is 5.32 Å². The second-order valence-corrected chi connectivity index (χ2v) is 19.3. The van der Waals surface area contributed by atoms with Crippen LogP contribution < -0.4 is 5.32 Å². The number of nitrogens with one attached hydrogen (secondary N) is 1. The highest BCUT2D eigenvalue weighted by Gasteiger charge is 2.20. The van der Waals surface area contributed by atoms with Crippen LogP contribution in [0.15, 0.2) is 12.2 Å². The molecule has 0 bridgehead atoms. The monoisotopic (exact) mass is 876 g/mol. The van der Waals surface area contributed by atoms with Crippen LogP contribution in [-0.2, 0) is 14.3 Å². The van der Waals surface area contributed by atoms with Crippen LogP contribution in [0.1, 0.15) is 309 Å². The molecule has 0 aliphatic heterocycles. The quantitative estimate of drug-likeness (QED) is 0.0321. The molecule has 0 aromatic heterocycles. The van der Waals surface area contributed by atoms with E-state index in [1.807, 2.05) is 0 Å². The van der Waals surface area contributed by atoms with Crippen LogP contribution in [0, 0.1) is 0 Å². The Balaban J connectivity index is 3.44. The molecule has 3 N–H and O–H groups in total. The first kappa shape index (κ1) is 60.6. The molecule has 0 aromatic rings. The molecule has 6 nitrogen and oxygen atoms in total. The van der Waals surface area contributed by atoms with Crippen molar-refractivity contribution in [2.45, 2.75) is 321 Å². The molecule has 0 aliphatic rings. The number of hydrogen-bond donors (Lipinski definition) is 3. The number of amides is 1. The van der Waals surface area contributed by atoms with Gasteiger partial charge in [0, 0.05) is 12.8 Å². The lowest BCUT2D eigenvalue weighted by molar-refractivity contribution is -0.143. The zero-order valence-electron chi connectivity index (χ0n) is 41.9. The molecule has 0 rings (SSSR count). The fraction of sp³-hybridized carbons (Fsp3) is 0.929. The van der Waals surface area contributed by atoms with E-state index in [1.54, 1.807) is 0 Å². The zero-order valence-corrected chi connectivity index (χ0v) is 41.9. The fourth-order valence-corrected chi connectivity index (χ4v) is 8.74. The van der Waals surface area contributed by atoms with Crippen molar-refractivity contribution < 1.29 is 24.5 Å². The van der Waals surface area contributed by atoms with Crippen molar-refractivity contribution in [3.05, 3.63) is 12.2 Å². The van der Waals surface area contributed by atoms with Crippen LogP contribution >= 0.6 is 0 Å². The number of aliphatic hydroxyl groups excluding tert-OH is 2. The standard InChI is InChI=1S/C56H109NO5/c1-3-5-7-9-11-13-15-16-17-18-19-20-22-25-29-32-36-40-44-48-54(59)53(52-58)57-55(60)49-45-41-37-33-30-26-23-21-24-27-31-35-39-43-47-51-62-56(61)50-46-42-38-34-28-14-12-10-8-6-4-2/h10,12,53-54,58-59H,3-9,11,13-52H2,1-2H3,(H,57,60)/b12-10-. The number of carbonyl (C=O) groups is 2. The summed E-state index contributed by atoms with van der Waals surface area (Å²) in [4.78, 5) is 24.5. The van der Waals surface area contributed by atoms with Crippen LogP contribution in [0.4, 0.5) is 0 Å². The summed E-state index contributed by atoms with van der Waals surface area (Å²) >= 11 is 0. The Labute approximate surface area is 387 Å². The molecule has 2 atom stereocenters. The van der Waals surface area contributed by atoms with Crippen LogP contribution in [-0.4, -0.2) is 47.4 Å². The summed E-state index contributed by atoms with van der Waals surface area (Å²) in [7, 11) is 0. The van der Waals surface area contributed by atoms with Crippen LogP contribution in [0.5, 0.6) is 0 Å². The van der Waals surface area contributed by atoms with Gasteiger partial charge in [-0.1, -0.05) is 264 Å². The molecule has 0 saturated carbocycles. The van der Waals surface area contributed by atoms with E-state index in [0.717, 1.165) is 51.4 Å². The third kappa shape index (κ3) is 48.1. The summed E-state index contributed by atoms with van der Waals surface area (Å²) in [6.07, 6.45) is 60.5. The van der Waals surface area contributed by atoms with Gasteiger partial charge in [0.2, 0.25) is 5.91 Å². The van der Waals surface area contributed by atoms with Crippen LogP contribution in [0.2, 0.25) is 0 Å². The predicted molar refractivity (Wildman–Crippen MR) is 269 cm³/mol. The summed E-state index contributed by atoms with van der Waals surface area (Å²) in [6, 6.07) is -0.548. The highest BCUT2D eigenvalue weighted by Crippen LogP contribution is 2.17. The maximum Gasteiger partial charge on any atom is 0.305 e. The van der Waals surface area contributed by atoms with Crippen molar-refractivity contribution in [2.24, 2.45) is 0 Å². The Morgan fingerprint density at radius 1 is 0.435 bits per heavy atom. The van der Waals surface area contributed by atoms with E-state index in [9.17, 15) is 19.8 Å². The van der Waals surface area contributed by atoms with Crippen molar-refractivity contribution in [3.8, 4) is 0 Å². The normalized spacial score (nSPS) is 12.6. The number of allylic oxidation sites excluding steroid dienone is 2. The minimum atomic E-state index is -0.670. The molecule has 6 heteroatoms. The summed E-state index contributed by atoms with van der Waals surface area (Å²) in [5, 5.41) is 23.3. The highest BCUT2D eigenvalue weighted by molar-refractivity contribution is 5.76. The lowest BCUT2D eigenvalue weighted by Gasteiger charge is -2.22. The number of hydrogen-bond acceptors (Lipinski definition) is 5. The Morgan fingerprint density at radius 2 is 0.774 bits per heavy atom. The minimum Gasteiger partial charge on any atom is -0.466 e. The molecule has 0 spiro atoms. The Kier molecular flexibility index (Phi) is 51.0. The minimum absolute atomic E-state index is 0.00976. The van der Waals surface area contributed by atoms with Gasteiger partial charge in [-0.3, -0.25) is 9.59 Å². The van der Waals surface area contributed by atoms with Crippen molar-refractivity contribution in [1.29, 1.82) is 0 Å². The van der Waals surface area contributed by atoms with Crippen LogP contribution in [0.3, 0.4) is 0 Å². The third-order valence-corrected chi connectivity index (χ3v) is 13.1. The molecule has 0 radical (unpaired) electrons. The summed E-state index contributed by atoms with van der Waals surface area (Å²) < 4.78 is 5.45. The van der Waals surface area contributed by atoms with E-state index in [1.165, 1.54) is 225 Å². The maximum absolute atomic E-state index is 12.5. The predicted octanol–water partition coefficient (Wildman–Crippen LogP) is 16.9. The van der Waals surface area contributed by atoms with Crippen molar-refractivity contribution >= 4 is 11.9 Å². The van der Waals surface area contributed by atoms with Gasteiger partial charge in [0.15, 0.2) is 0 Å².